The summed E-state index contributed by atoms with van der Waals surface area (Å²) in [5.74, 6) is -0.721. The number of nitrogens with one attached hydrogen (secondary N) is 2. The molecule has 0 aromatic heterocycles. The van der Waals surface area contributed by atoms with Crippen LogP contribution >= 0.6 is 11.6 Å². The third-order valence-corrected chi connectivity index (χ3v) is 3.06. The average molecular weight is 368 g/mol. The molecule has 0 saturated heterocycles. The zero-order valence-electron chi connectivity index (χ0n) is 14.3. The van der Waals surface area contributed by atoms with Crippen LogP contribution in [0.2, 0.25) is 5.02 Å². The largest absolute Gasteiger partial charge is 0.490 e. The normalized spacial score (nSPS) is 10.4. The van der Waals surface area contributed by atoms with E-state index in [-0.39, 0.29) is 6.54 Å². The van der Waals surface area contributed by atoms with Crippen molar-refractivity contribution in [2.24, 2.45) is 5.10 Å². The molecule has 0 spiro atoms. The van der Waals surface area contributed by atoms with Crippen molar-refractivity contribution in [1.29, 1.82) is 0 Å². The minimum atomic E-state index is -0.878. The minimum Gasteiger partial charge on any atom is -0.490 e. The summed E-state index contributed by atoms with van der Waals surface area (Å²) in [4.78, 5) is 22.9. The molecule has 136 valence electrons. The van der Waals surface area contributed by atoms with Gasteiger partial charge in [0, 0.05) is 6.54 Å². The van der Waals surface area contributed by atoms with Crippen molar-refractivity contribution in [2.45, 2.75) is 20.3 Å². The Morgan fingerprint density at radius 3 is 2.68 bits per heavy atom. The Morgan fingerprint density at radius 1 is 1.28 bits per heavy atom. The summed E-state index contributed by atoms with van der Waals surface area (Å²) in [6.45, 7) is 8.44. The predicted octanol–water partition coefficient (Wildman–Crippen LogP) is 2.28. The molecule has 0 heterocycles. The molecule has 0 fully saturated rings. The van der Waals surface area contributed by atoms with Crippen molar-refractivity contribution in [3.8, 4) is 11.5 Å². The quantitative estimate of drug-likeness (QED) is 0.303. The number of rotatable bonds is 9. The van der Waals surface area contributed by atoms with Crippen LogP contribution in [0.25, 0.3) is 0 Å². The van der Waals surface area contributed by atoms with Crippen LogP contribution in [0.1, 0.15) is 25.8 Å². The number of ether oxygens (including phenoxy) is 2. The Kier molecular flexibility index (Phi) is 9.10. The van der Waals surface area contributed by atoms with Crippen molar-refractivity contribution in [2.75, 3.05) is 19.8 Å². The predicted molar refractivity (Wildman–Crippen MR) is 97.4 cm³/mol. The van der Waals surface area contributed by atoms with E-state index in [0.29, 0.717) is 35.3 Å². The van der Waals surface area contributed by atoms with E-state index >= 15 is 0 Å². The van der Waals surface area contributed by atoms with Crippen LogP contribution in [0.5, 0.6) is 11.5 Å². The molecular formula is C17H22ClN3O4. The molecule has 0 bridgehead atoms. The monoisotopic (exact) mass is 367 g/mol. The first kappa shape index (κ1) is 20.5. The van der Waals surface area contributed by atoms with Gasteiger partial charge in [-0.25, -0.2) is 5.43 Å². The third-order valence-electron chi connectivity index (χ3n) is 2.78. The van der Waals surface area contributed by atoms with Gasteiger partial charge in [0.1, 0.15) is 0 Å². The highest BCUT2D eigenvalue weighted by Gasteiger charge is 2.13. The van der Waals surface area contributed by atoms with Crippen molar-refractivity contribution >= 4 is 29.6 Å². The van der Waals surface area contributed by atoms with Crippen molar-refractivity contribution < 1.29 is 19.1 Å². The van der Waals surface area contributed by atoms with Gasteiger partial charge in [-0.1, -0.05) is 24.6 Å². The standard InChI is InChI=1S/C17H22ClN3O4/c1-4-7-19-16(22)17(23)21-20-11-12-9-13(18)15(25-8-5-2)14(10-12)24-6-3/h4,9-11H,1,5-8H2,2-3H3,(H,19,22)(H,21,23)/b20-11-. The molecule has 2 amide bonds. The van der Waals surface area contributed by atoms with Gasteiger partial charge in [0.25, 0.3) is 0 Å². The number of amides is 2. The molecule has 8 heteroatoms. The number of benzene rings is 1. The lowest BCUT2D eigenvalue weighted by atomic mass is 10.2. The summed E-state index contributed by atoms with van der Waals surface area (Å²) in [5, 5.41) is 6.45. The molecule has 25 heavy (non-hydrogen) atoms. The van der Waals surface area contributed by atoms with E-state index in [1.807, 2.05) is 13.8 Å². The van der Waals surface area contributed by atoms with E-state index in [1.165, 1.54) is 12.3 Å². The van der Waals surface area contributed by atoms with Crippen LogP contribution in [0.15, 0.2) is 29.9 Å². The summed E-state index contributed by atoms with van der Waals surface area (Å²) in [5.41, 5.74) is 2.72. The van der Waals surface area contributed by atoms with Crippen LogP contribution < -0.4 is 20.2 Å². The molecule has 0 aliphatic carbocycles. The fourth-order valence-corrected chi connectivity index (χ4v) is 2.00. The van der Waals surface area contributed by atoms with Crippen LogP contribution in [-0.4, -0.2) is 37.8 Å². The summed E-state index contributed by atoms with van der Waals surface area (Å²) >= 11 is 6.23. The maximum Gasteiger partial charge on any atom is 0.329 e. The smallest absolute Gasteiger partial charge is 0.329 e. The number of carbonyl (C=O) groups is 2. The highest BCUT2D eigenvalue weighted by molar-refractivity contribution is 6.35. The molecular weight excluding hydrogens is 346 g/mol. The summed E-state index contributed by atoms with van der Waals surface area (Å²) < 4.78 is 11.1. The molecule has 1 aromatic rings. The van der Waals surface area contributed by atoms with E-state index in [4.69, 9.17) is 21.1 Å². The van der Waals surface area contributed by atoms with Crippen LogP contribution in [0.4, 0.5) is 0 Å². The fourth-order valence-electron chi connectivity index (χ4n) is 1.73. The zero-order chi connectivity index (χ0) is 18.7. The molecule has 7 nitrogen and oxygen atoms in total. The van der Waals surface area contributed by atoms with E-state index in [1.54, 1.807) is 12.1 Å². The average Bonchev–Trinajstić information content (AvgIpc) is 2.59. The first-order valence-electron chi connectivity index (χ1n) is 7.84. The van der Waals surface area contributed by atoms with Gasteiger partial charge in [-0.2, -0.15) is 5.10 Å². The van der Waals surface area contributed by atoms with Gasteiger partial charge in [-0.3, -0.25) is 9.59 Å². The second-order valence-electron chi connectivity index (χ2n) is 4.81. The maximum atomic E-state index is 11.5. The first-order valence-corrected chi connectivity index (χ1v) is 8.22. The lowest BCUT2D eigenvalue weighted by Gasteiger charge is -2.13. The van der Waals surface area contributed by atoms with E-state index < -0.39 is 11.8 Å². The van der Waals surface area contributed by atoms with Gasteiger partial charge >= 0.3 is 11.8 Å². The van der Waals surface area contributed by atoms with Crippen LogP contribution in [0.3, 0.4) is 0 Å². The molecule has 0 unspecified atom stereocenters. The van der Waals surface area contributed by atoms with Gasteiger partial charge in [0.2, 0.25) is 0 Å². The molecule has 1 rings (SSSR count). The summed E-state index contributed by atoms with van der Waals surface area (Å²) in [7, 11) is 0. The molecule has 0 atom stereocenters. The second kappa shape index (κ2) is 11.1. The fraction of sp³-hybridized carbons (Fsp3) is 0.353. The first-order chi connectivity index (χ1) is 12.0. The van der Waals surface area contributed by atoms with Crippen LogP contribution in [-0.2, 0) is 9.59 Å². The van der Waals surface area contributed by atoms with Gasteiger partial charge in [-0.15, -0.1) is 6.58 Å². The molecule has 0 saturated carbocycles. The number of hydrogen-bond donors (Lipinski definition) is 2. The Bertz CT molecular complexity index is 647. The van der Waals surface area contributed by atoms with Gasteiger partial charge in [0.05, 0.1) is 24.5 Å². The highest BCUT2D eigenvalue weighted by Crippen LogP contribution is 2.36. The Morgan fingerprint density at radius 2 is 2.04 bits per heavy atom. The number of nitrogens with zero attached hydrogens (tertiary/aromatic N) is 1. The molecule has 0 aliphatic rings. The molecule has 0 radical (unpaired) electrons. The van der Waals surface area contributed by atoms with Gasteiger partial charge in [0.15, 0.2) is 11.5 Å². The maximum absolute atomic E-state index is 11.5. The van der Waals surface area contributed by atoms with E-state index in [0.717, 1.165) is 6.42 Å². The second-order valence-corrected chi connectivity index (χ2v) is 5.22. The Hall–Kier alpha value is -2.54. The lowest BCUT2D eigenvalue weighted by molar-refractivity contribution is -0.139. The number of hydrazone groups is 1. The summed E-state index contributed by atoms with van der Waals surface area (Å²) in [6.07, 6.45) is 3.66. The molecule has 0 aliphatic heterocycles. The van der Waals surface area contributed by atoms with E-state index in [9.17, 15) is 9.59 Å². The minimum absolute atomic E-state index is 0.197. The van der Waals surface area contributed by atoms with Crippen LogP contribution in [0, 0.1) is 0 Å². The topological polar surface area (TPSA) is 89.0 Å². The number of hydrogen-bond acceptors (Lipinski definition) is 5. The van der Waals surface area contributed by atoms with Gasteiger partial charge in [-0.05, 0) is 31.0 Å². The van der Waals surface area contributed by atoms with Crippen molar-refractivity contribution in [3.05, 3.63) is 35.4 Å². The third kappa shape index (κ3) is 6.84. The Balaban J connectivity index is 2.82. The number of halogens is 1. The summed E-state index contributed by atoms with van der Waals surface area (Å²) in [6, 6.07) is 3.32. The Labute approximate surface area is 152 Å². The highest BCUT2D eigenvalue weighted by atomic mass is 35.5. The molecule has 1 aromatic carbocycles. The SMILES string of the molecule is C=CCNC(=O)C(=O)N/N=C\c1cc(Cl)c(OCCC)c(OCC)c1. The van der Waals surface area contributed by atoms with E-state index in [2.05, 4.69) is 22.4 Å². The van der Waals surface area contributed by atoms with Crippen molar-refractivity contribution in [1.82, 2.24) is 10.7 Å². The van der Waals surface area contributed by atoms with Gasteiger partial charge < -0.3 is 14.8 Å². The van der Waals surface area contributed by atoms with Crippen molar-refractivity contribution in [3.63, 3.8) is 0 Å². The lowest BCUT2D eigenvalue weighted by Crippen LogP contribution is -2.37. The molecule has 2 N–H and O–H groups in total. The number of carbonyl (C=O) groups excluding carboxylic acids is 2. The zero-order valence-corrected chi connectivity index (χ0v) is 15.1.